The van der Waals surface area contributed by atoms with Gasteiger partial charge in [0.05, 0.1) is 24.0 Å². The quantitative estimate of drug-likeness (QED) is 0.625. The van der Waals surface area contributed by atoms with Gasteiger partial charge in [-0.15, -0.1) is 0 Å². The van der Waals surface area contributed by atoms with Crippen LogP contribution in [0.15, 0.2) is 12.1 Å². The smallest absolute Gasteiger partial charge is 0.408 e. The van der Waals surface area contributed by atoms with E-state index in [1.165, 1.54) is 0 Å². The van der Waals surface area contributed by atoms with Crippen LogP contribution in [0.2, 0.25) is 0 Å². The SMILES string of the molecule is Cc1cc(N)c(NC[C@H](CO)NC(=O)OC(C)(C)C)cc1C. The number of benzene rings is 1. The van der Waals surface area contributed by atoms with Crippen molar-refractivity contribution in [2.24, 2.45) is 0 Å². The lowest BCUT2D eigenvalue weighted by Crippen LogP contribution is -2.44. The van der Waals surface area contributed by atoms with E-state index in [9.17, 15) is 9.90 Å². The van der Waals surface area contributed by atoms with Gasteiger partial charge in [-0.25, -0.2) is 4.79 Å². The molecule has 6 heteroatoms. The average Bonchev–Trinajstić information content (AvgIpc) is 2.37. The Morgan fingerprint density at radius 3 is 2.45 bits per heavy atom. The molecule has 1 aromatic carbocycles. The molecule has 5 N–H and O–H groups in total. The lowest BCUT2D eigenvalue weighted by atomic mass is 10.1. The molecule has 6 nitrogen and oxygen atoms in total. The highest BCUT2D eigenvalue weighted by atomic mass is 16.6. The van der Waals surface area contributed by atoms with Crippen molar-refractivity contribution in [1.82, 2.24) is 5.32 Å². The Kier molecular flexibility index (Phi) is 6.05. The first-order valence-corrected chi connectivity index (χ1v) is 7.33. The Bertz CT molecular complexity index is 524. The predicted molar refractivity (Wildman–Crippen MR) is 89.1 cm³/mol. The van der Waals surface area contributed by atoms with Gasteiger partial charge in [0.15, 0.2) is 0 Å². The molecule has 0 spiro atoms. The highest BCUT2D eigenvalue weighted by Gasteiger charge is 2.19. The van der Waals surface area contributed by atoms with Crippen LogP contribution in [0, 0.1) is 13.8 Å². The van der Waals surface area contributed by atoms with Crippen molar-refractivity contribution < 1.29 is 14.6 Å². The number of anilines is 2. The molecule has 0 saturated carbocycles. The largest absolute Gasteiger partial charge is 0.444 e. The normalized spacial score (nSPS) is 12.6. The molecule has 124 valence electrons. The molecule has 1 aromatic rings. The molecule has 0 aromatic heterocycles. The van der Waals surface area contributed by atoms with E-state index in [0.29, 0.717) is 12.2 Å². The van der Waals surface area contributed by atoms with E-state index < -0.39 is 17.7 Å². The first-order valence-electron chi connectivity index (χ1n) is 7.33. The van der Waals surface area contributed by atoms with E-state index >= 15 is 0 Å². The number of nitrogens with one attached hydrogen (secondary N) is 2. The lowest BCUT2D eigenvalue weighted by Gasteiger charge is -2.23. The summed E-state index contributed by atoms with van der Waals surface area (Å²) in [4.78, 5) is 11.7. The van der Waals surface area contributed by atoms with E-state index in [4.69, 9.17) is 10.5 Å². The van der Waals surface area contributed by atoms with Crippen molar-refractivity contribution in [2.75, 3.05) is 24.2 Å². The molecule has 0 fully saturated rings. The standard InChI is InChI=1S/C16H27N3O3/c1-10-6-13(17)14(7-11(10)2)18-8-12(9-20)19-15(21)22-16(3,4)5/h6-7,12,18,20H,8-9,17H2,1-5H3,(H,19,21)/t12-/m1/s1. The second-order valence-electron chi connectivity index (χ2n) is 6.43. The monoisotopic (exact) mass is 309 g/mol. The van der Waals surface area contributed by atoms with Crippen LogP contribution in [0.4, 0.5) is 16.2 Å². The van der Waals surface area contributed by atoms with Gasteiger partial charge in [0.1, 0.15) is 5.60 Å². The van der Waals surface area contributed by atoms with Gasteiger partial charge >= 0.3 is 6.09 Å². The average molecular weight is 309 g/mol. The number of nitrogen functional groups attached to an aromatic ring is 1. The fourth-order valence-electron chi connectivity index (χ4n) is 1.86. The minimum atomic E-state index is -0.573. The Morgan fingerprint density at radius 2 is 1.91 bits per heavy atom. The number of hydrogen-bond acceptors (Lipinski definition) is 5. The Balaban J connectivity index is 2.61. The molecule has 1 amide bonds. The van der Waals surface area contributed by atoms with Gasteiger partial charge in [-0.1, -0.05) is 0 Å². The minimum absolute atomic E-state index is 0.197. The van der Waals surface area contributed by atoms with Crippen molar-refractivity contribution in [3.63, 3.8) is 0 Å². The molecule has 1 rings (SSSR count). The number of amides is 1. The molecular formula is C16H27N3O3. The number of nitrogens with two attached hydrogens (primary N) is 1. The van der Waals surface area contributed by atoms with Crippen LogP contribution in [0.25, 0.3) is 0 Å². The molecule has 0 aliphatic heterocycles. The maximum Gasteiger partial charge on any atom is 0.408 e. The highest BCUT2D eigenvalue weighted by Crippen LogP contribution is 2.22. The van der Waals surface area contributed by atoms with Crippen molar-refractivity contribution >= 4 is 17.5 Å². The molecule has 0 radical (unpaired) electrons. The van der Waals surface area contributed by atoms with Crippen LogP contribution in [0.5, 0.6) is 0 Å². The molecule has 0 bridgehead atoms. The molecule has 0 aliphatic rings. The number of aryl methyl sites for hydroxylation is 2. The summed E-state index contributed by atoms with van der Waals surface area (Å²) in [7, 11) is 0. The summed E-state index contributed by atoms with van der Waals surface area (Å²) in [5, 5.41) is 15.1. The fourth-order valence-corrected chi connectivity index (χ4v) is 1.86. The first kappa shape index (κ1) is 18.1. The molecule has 1 atom stereocenters. The van der Waals surface area contributed by atoms with Crippen LogP contribution >= 0.6 is 0 Å². The summed E-state index contributed by atoms with van der Waals surface area (Å²) in [6.45, 7) is 9.51. The van der Waals surface area contributed by atoms with Gasteiger partial charge in [0.25, 0.3) is 0 Å². The van der Waals surface area contributed by atoms with Crippen LogP contribution in [-0.2, 0) is 4.74 Å². The van der Waals surface area contributed by atoms with E-state index in [2.05, 4.69) is 10.6 Å². The number of ether oxygens (including phenoxy) is 1. The van der Waals surface area contributed by atoms with Gasteiger partial charge in [-0.3, -0.25) is 0 Å². The molecule has 0 unspecified atom stereocenters. The van der Waals surface area contributed by atoms with Crippen molar-refractivity contribution in [2.45, 2.75) is 46.3 Å². The summed E-state index contributed by atoms with van der Waals surface area (Å²) in [5.41, 5.74) is 9.05. The molecule has 22 heavy (non-hydrogen) atoms. The number of aliphatic hydroxyl groups excluding tert-OH is 1. The fraction of sp³-hybridized carbons (Fsp3) is 0.562. The number of carbonyl (C=O) groups is 1. The van der Waals surface area contributed by atoms with Gasteiger partial charge in [0.2, 0.25) is 0 Å². The zero-order chi connectivity index (χ0) is 16.9. The molecule has 0 heterocycles. The summed E-state index contributed by atoms with van der Waals surface area (Å²) in [6.07, 6.45) is -0.554. The van der Waals surface area contributed by atoms with Gasteiger partial charge in [-0.05, 0) is 57.9 Å². The van der Waals surface area contributed by atoms with E-state index in [1.807, 2.05) is 26.0 Å². The van der Waals surface area contributed by atoms with Crippen molar-refractivity contribution in [1.29, 1.82) is 0 Å². The van der Waals surface area contributed by atoms with Crippen LogP contribution in [0.3, 0.4) is 0 Å². The predicted octanol–water partition coefficient (Wildman–Crippen LogP) is 2.18. The molecule has 0 saturated heterocycles. The molecule has 0 aliphatic carbocycles. The zero-order valence-corrected chi connectivity index (χ0v) is 14.0. The Labute approximate surface area is 132 Å². The summed E-state index contributed by atoms with van der Waals surface area (Å²) in [6, 6.07) is 3.38. The van der Waals surface area contributed by atoms with E-state index in [1.54, 1.807) is 20.8 Å². The minimum Gasteiger partial charge on any atom is -0.444 e. The number of rotatable bonds is 5. The van der Waals surface area contributed by atoms with E-state index in [0.717, 1.165) is 16.8 Å². The first-order chi connectivity index (χ1) is 10.1. The second kappa shape index (κ2) is 7.35. The van der Waals surface area contributed by atoms with Crippen LogP contribution in [-0.4, -0.2) is 36.0 Å². The van der Waals surface area contributed by atoms with Gasteiger partial charge in [-0.2, -0.15) is 0 Å². The van der Waals surface area contributed by atoms with Crippen molar-refractivity contribution in [3.05, 3.63) is 23.3 Å². The van der Waals surface area contributed by atoms with Crippen LogP contribution < -0.4 is 16.4 Å². The van der Waals surface area contributed by atoms with E-state index in [-0.39, 0.29) is 6.61 Å². The number of carbonyl (C=O) groups excluding carboxylic acids is 1. The Morgan fingerprint density at radius 1 is 1.32 bits per heavy atom. The Hall–Kier alpha value is -1.95. The van der Waals surface area contributed by atoms with Crippen molar-refractivity contribution in [3.8, 4) is 0 Å². The van der Waals surface area contributed by atoms with Crippen LogP contribution in [0.1, 0.15) is 31.9 Å². The topological polar surface area (TPSA) is 96.6 Å². The second-order valence-corrected chi connectivity index (χ2v) is 6.43. The number of alkyl carbamates (subject to hydrolysis) is 1. The third-order valence-corrected chi connectivity index (χ3v) is 3.15. The highest BCUT2D eigenvalue weighted by molar-refractivity contribution is 5.70. The number of aliphatic hydroxyl groups is 1. The summed E-state index contributed by atoms with van der Waals surface area (Å²) < 4.78 is 5.17. The third kappa shape index (κ3) is 5.81. The summed E-state index contributed by atoms with van der Waals surface area (Å²) >= 11 is 0. The maximum absolute atomic E-state index is 11.7. The maximum atomic E-state index is 11.7. The zero-order valence-electron chi connectivity index (χ0n) is 14.0. The summed E-state index contributed by atoms with van der Waals surface area (Å²) in [5.74, 6) is 0. The van der Waals surface area contributed by atoms with Gasteiger partial charge in [0, 0.05) is 6.54 Å². The lowest BCUT2D eigenvalue weighted by molar-refractivity contribution is 0.0487. The molecular weight excluding hydrogens is 282 g/mol. The number of hydrogen-bond donors (Lipinski definition) is 4. The van der Waals surface area contributed by atoms with Gasteiger partial charge < -0.3 is 26.2 Å². The third-order valence-electron chi connectivity index (χ3n) is 3.15.